The second-order valence-corrected chi connectivity index (χ2v) is 8.80. The lowest BCUT2D eigenvalue weighted by molar-refractivity contribution is -0.122. The molecule has 1 aliphatic heterocycles. The van der Waals surface area contributed by atoms with Crippen molar-refractivity contribution in [3.63, 3.8) is 0 Å². The number of ether oxygens (including phenoxy) is 2. The summed E-state index contributed by atoms with van der Waals surface area (Å²) in [6, 6.07) is 14.7. The van der Waals surface area contributed by atoms with Crippen LogP contribution < -0.4 is 14.8 Å². The quantitative estimate of drug-likeness (QED) is 0.598. The molecule has 172 valence electrons. The Morgan fingerprint density at radius 3 is 2.76 bits per heavy atom. The van der Waals surface area contributed by atoms with Gasteiger partial charge in [-0.1, -0.05) is 18.2 Å². The predicted molar refractivity (Wildman–Crippen MR) is 122 cm³/mol. The second kappa shape index (κ2) is 9.65. The molecule has 0 radical (unpaired) electrons. The van der Waals surface area contributed by atoms with E-state index in [9.17, 15) is 9.18 Å². The van der Waals surface area contributed by atoms with E-state index in [-0.39, 0.29) is 36.5 Å². The summed E-state index contributed by atoms with van der Waals surface area (Å²) in [7, 11) is 0. The molecule has 1 amide bonds. The summed E-state index contributed by atoms with van der Waals surface area (Å²) >= 11 is 0. The van der Waals surface area contributed by atoms with E-state index in [1.807, 2.05) is 30.3 Å². The first-order valence-electron chi connectivity index (χ1n) is 11.6. The van der Waals surface area contributed by atoms with Gasteiger partial charge in [0.05, 0.1) is 6.10 Å². The number of amides is 1. The van der Waals surface area contributed by atoms with Gasteiger partial charge in [0.1, 0.15) is 30.0 Å². The molecule has 7 heteroatoms. The van der Waals surface area contributed by atoms with Crippen molar-refractivity contribution in [2.45, 2.75) is 63.3 Å². The van der Waals surface area contributed by atoms with E-state index < -0.39 is 0 Å². The molecule has 5 rings (SSSR count). The van der Waals surface area contributed by atoms with Crippen LogP contribution >= 0.6 is 0 Å². The van der Waals surface area contributed by atoms with E-state index in [2.05, 4.69) is 10.4 Å². The number of hydrogen-bond donors (Lipinski definition) is 1. The third-order valence-electron chi connectivity index (χ3n) is 6.44. The normalized spacial score (nSPS) is 22.2. The molecule has 0 bridgehead atoms. The van der Waals surface area contributed by atoms with Crippen molar-refractivity contribution in [1.82, 2.24) is 15.1 Å². The zero-order chi connectivity index (χ0) is 22.6. The van der Waals surface area contributed by atoms with E-state index >= 15 is 0 Å². The number of carbonyl (C=O) groups is 1. The Morgan fingerprint density at radius 1 is 1.12 bits per heavy atom. The van der Waals surface area contributed by atoms with Gasteiger partial charge >= 0.3 is 0 Å². The lowest BCUT2D eigenvalue weighted by atomic mass is 9.92. The molecule has 1 atom stereocenters. The van der Waals surface area contributed by atoms with Crippen molar-refractivity contribution in [3.05, 3.63) is 77.9 Å². The van der Waals surface area contributed by atoms with E-state index in [0.717, 1.165) is 55.6 Å². The molecule has 2 heterocycles. The van der Waals surface area contributed by atoms with Gasteiger partial charge in [0.15, 0.2) is 0 Å². The van der Waals surface area contributed by atoms with Gasteiger partial charge in [-0.15, -0.1) is 0 Å². The monoisotopic (exact) mass is 449 g/mol. The van der Waals surface area contributed by atoms with Crippen molar-refractivity contribution in [2.24, 2.45) is 0 Å². The van der Waals surface area contributed by atoms with Crippen molar-refractivity contribution >= 4 is 5.91 Å². The summed E-state index contributed by atoms with van der Waals surface area (Å²) in [4.78, 5) is 12.2. The second-order valence-electron chi connectivity index (χ2n) is 8.80. The van der Waals surface area contributed by atoms with Crippen LogP contribution in [0.1, 0.15) is 49.3 Å². The van der Waals surface area contributed by atoms with Crippen LogP contribution in [0.2, 0.25) is 0 Å². The zero-order valence-electron chi connectivity index (χ0n) is 18.5. The van der Waals surface area contributed by atoms with Crippen molar-refractivity contribution in [3.8, 4) is 11.5 Å². The summed E-state index contributed by atoms with van der Waals surface area (Å²) in [6.45, 7) is 0.248. The number of carbonyl (C=O) groups excluding carboxylic acids is 1. The van der Waals surface area contributed by atoms with E-state index in [1.165, 1.54) is 6.07 Å². The summed E-state index contributed by atoms with van der Waals surface area (Å²) in [5.41, 5.74) is 1.71. The van der Waals surface area contributed by atoms with Crippen LogP contribution in [-0.4, -0.2) is 27.8 Å². The van der Waals surface area contributed by atoms with Crippen LogP contribution in [0.25, 0.3) is 0 Å². The summed E-state index contributed by atoms with van der Waals surface area (Å²) in [6.07, 6.45) is 8.48. The van der Waals surface area contributed by atoms with Gasteiger partial charge in [-0.05, 0) is 74.4 Å². The minimum absolute atomic E-state index is 0.00792. The Hall–Kier alpha value is -3.35. The molecule has 1 aromatic heterocycles. The smallest absolute Gasteiger partial charge is 0.241 e. The first-order valence-corrected chi connectivity index (χ1v) is 11.6. The lowest BCUT2D eigenvalue weighted by Gasteiger charge is -2.30. The van der Waals surface area contributed by atoms with Gasteiger partial charge in [0, 0.05) is 24.0 Å². The molecule has 1 aliphatic carbocycles. The number of nitrogens with zero attached hydrogens (tertiary/aromatic N) is 2. The molecule has 1 N–H and O–H groups in total. The van der Waals surface area contributed by atoms with Gasteiger partial charge in [0.2, 0.25) is 5.91 Å². The Labute approximate surface area is 192 Å². The lowest BCUT2D eigenvalue weighted by Crippen LogP contribution is -2.41. The number of benzene rings is 2. The van der Waals surface area contributed by atoms with Crippen LogP contribution in [0, 0.1) is 5.82 Å². The number of nitrogens with one attached hydrogen (secondary N) is 1. The first-order chi connectivity index (χ1) is 16.1. The van der Waals surface area contributed by atoms with Crippen LogP contribution in [0.15, 0.2) is 60.9 Å². The fraction of sp³-hybridized carbons (Fsp3) is 0.385. The number of fused-ring (bicyclic) bond motifs is 1. The molecule has 2 aromatic carbocycles. The van der Waals surface area contributed by atoms with E-state index in [4.69, 9.17) is 9.47 Å². The topological polar surface area (TPSA) is 65.4 Å². The fourth-order valence-electron chi connectivity index (χ4n) is 4.73. The molecular weight excluding hydrogens is 421 g/mol. The van der Waals surface area contributed by atoms with E-state index in [0.29, 0.717) is 5.56 Å². The average Bonchev–Trinajstić information content (AvgIpc) is 3.33. The highest BCUT2D eigenvalue weighted by atomic mass is 19.1. The Bertz CT molecular complexity index is 1090. The van der Waals surface area contributed by atoms with Crippen LogP contribution in [-0.2, 0) is 17.8 Å². The zero-order valence-corrected chi connectivity index (χ0v) is 18.5. The molecule has 2 aliphatic rings. The van der Waals surface area contributed by atoms with Gasteiger partial charge in [-0.3, -0.25) is 9.48 Å². The van der Waals surface area contributed by atoms with Gasteiger partial charge < -0.3 is 14.8 Å². The average molecular weight is 450 g/mol. The molecule has 1 unspecified atom stereocenters. The number of halogens is 1. The minimum atomic E-state index is -0.260. The minimum Gasteiger partial charge on any atom is -0.490 e. The van der Waals surface area contributed by atoms with Gasteiger partial charge in [-0.25, -0.2) is 4.39 Å². The number of aromatic nitrogens is 2. The predicted octanol–water partition coefficient (Wildman–Crippen LogP) is 4.59. The molecule has 3 aromatic rings. The highest BCUT2D eigenvalue weighted by Crippen LogP contribution is 2.38. The van der Waals surface area contributed by atoms with Gasteiger partial charge in [0.25, 0.3) is 0 Å². The maximum absolute atomic E-state index is 14.1. The molecule has 6 nitrogen and oxygen atoms in total. The molecule has 0 saturated heterocycles. The highest BCUT2D eigenvalue weighted by molar-refractivity contribution is 5.75. The van der Waals surface area contributed by atoms with Crippen LogP contribution in [0.5, 0.6) is 11.5 Å². The van der Waals surface area contributed by atoms with Crippen molar-refractivity contribution in [2.75, 3.05) is 0 Å². The first kappa shape index (κ1) is 21.5. The molecule has 1 fully saturated rings. The molecule has 33 heavy (non-hydrogen) atoms. The Morgan fingerprint density at radius 2 is 1.97 bits per heavy atom. The number of rotatable bonds is 6. The Balaban J connectivity index is 1.12. The molecular formula is C26H28FN3O3. The molecule has 0 spiro atoms. The Kier molecular flexibility index (Phi) is 6.28. The van der Waals surface area contributed by atoms with Crippen molar-refractivity contribution < 1.29 is 18.7 Å². The largest absolute Gasteiger partial charge is 0.490 e. The standard InChI is InChI=1S/C26H28FN3O3/c27-23-5-2-1-4-22(23)25-12-6-18-16-21(11-13-24(18)33-25)32-20-9-7-19(8-10-20)29-26(31)17-30-15-3-14-28-30/h1-5,11,13-16,19-20,25H,6-10,12,17H2,(H,29,31). The summed E-state index contributed by atoms with van der Waals surface area (Å²) in [5, 5.41) is 7.18. The molecule has 1 saturated carbocycles. The van der Waals surface area contributed by atoms with E-state index in [1.54, 1.807) is 29.2 Å². The van der Waals surface area contributed by atoms with Gasteiger partial charge in [-0.2, -0.15) is 5.10 Å². The summed E-state index contributed by atoms with van der Waals surface area (Å²) < 4.78 is 28.1. The third kappa shape index (κ3) is 5.18. The summed E-state index contributed by atoms with van der Waals surface area (Å²) in [5.74, 6) is 1.41. The number of hydrogen-bond acceptors (Lipinski definition) is 4. The fourth-order valence-corrected chi connectivity index (χ4v) is 4.73. The maximum atomic E-state index is 14.1. The third-order valence-corrected chi connectivity index (χ3v) is 6.44. The SMILES string of the molecule is O=C(Cn1cccn1)NC1CCC(Oc2ccc3c(c2)CCC(c2ccccc2F)O3)CC1. The van der Waals surface area contributed by atoms with Crippen LogP contribution in [0.4, 0.5) is 4.39 Å². The number of aryl methyl sites for hydroxylation is 1. The maximum Gasteiger partial charge on any atom is 0.241 e. The highest BCUT2D eigenvalue weighted by Gasteiger charge is 2.26. The van der Waals surface area contributed by atoms with Crippen LogP contribution in [0.3, 0.4) is 0 Å². The van der Waals surface area contributed by atoms with Crippen molar-refractivity contribution in [1.29, 1.82) is 0 Å².